The number of phosphoric ester groups is 3. The Kier molecular flexibility index (Phi) is 15.4. The van der Waals surface area contributed by atoms with Crippen molar-refractivity contribution < 1.29 is 113 Å². The standard InChI is InChI=1S/C35H47N15O25P4/c1-47-12-50(27-17(47)29(55)46-34(38)44-27)31-21(65-4-3-64-2)19(52)14(71-31)6-68-77(58,59)74-79(62,63)75-78(60,61)69-8-35-7-66-22(32(72-35)48-10-41-15-24(36)39-9-40-25(15)48)23(35)73-76(56,57)67-5-13-18(51)20(53)30(70-13)49-11-42-16-26(49)43-33(37)45-28(16)54/h9-14,18-23,30-32,51-53H,3-8H2,1-2H3,(H11-,36,37,38,39,40,43,44,45,46,54,55,56,57,58,59,60,61,62,63)/p+1/t13-,14-,18+,19+,20?,21?,22?,23-,30-,31-,32-,35-/m1/s1. The van der Waals surface area contributed by atoms with Gasteiger partial charge in [-0.1, -0.05) is 4.98 Å². The number of aromatic nitrogens is 12. The van der Waals surface area contributed by atoms with E-state index in [1.54, 1.807) is 0 Å². The lowest BCUT2D eigenvalue weighted by Crippen LogP contribution is -2.47. The Morgan fingerprint density at radius 1 is 0.772 bits per heavy atom. The summed E-state index contributed by atoms with van der Waals surface area (Å²) in [6.45, 7) is -4.09. The fourth-order valence-corrected chi connectivity index (χ4v) is 13.7. The summed E-state index contributed by atoms with van der Waals surface area (Å²) in [7, 11) is -20.6. The van der Waals surface area contributed by atoms with Crippen LogP contribution in [0.2, 0.25) is 0 Å². The molecule has 15 N–H and O–H groups in total. The number of methoxy groups -OCH3 is 1. The van der Waals surface area contributed by atoms with Gasteiger partial charge in [0.15, 0.2) is 41.4 Å². The number of anilines is 3. The van der Waals surface area contributed by atoms with Crippen molar-refractivity contribution in [3.05, 3.63) is 46.0 Å². The SMILES string of the molecule is COCCOC1[C@@H](O)[C@@H](COP(=O)(O)OP(=O)(O)OP(=O)(O)OC[C@@]23COC([C@H](n4cnc5c(N)ncnc54)O2)[C@H]3OP(=O)(O)OC[C@H]2O[C@@H](n3cnc4c(=O)[nH]c(N)nc43)C(O)[C@H]2O)O[C@H]1[n+]1cn(C)c2c(=O)[nH]c(N)nc21. The number of hydrogen-bond donors (Lipinski definition) is 12. The van der Waals surface area contributed by atoms with Crippen LogP contribution in [0.25, 0.3) is 33.5 Å². The van der Waals surface area contributed by atoms with Gasteiger partial charge in [-0.05, 0) is 0 Å². The lowest BCUT2D eigenvalue weighted by molar-refractivity contribution is -0.746. The maximum atomic E-state index is 13.8. The normalized spacial score (nSPS) is 31.0. The summed E-state index contributed by atoms with van der Waals surface area (Å²) in [5.74, 6) is -0.663. The fraction of sp³-hybridized carbons (Fsp3) is 0.571. The zero-order valence-electron chi connectivity index (χ0n) is 40.4. The Hall–Kier alpha value is -5.19. The summed E-state index contributed by atoms with van der Waals surface area (Å²) >= 11 is 0. The summed E-state index contributed by atoms with van der Waals surface area (Å²) in [5, 5.41) is 33.1. The third kappa shape index (κ3) is 11.2. The lowest BCUT2D eigenvalue weighted by atomic mass is 10.0. The molecule has 0 radical (unpaired) electrons. The predicted molar refractivity (Wildman–Crippen MR) is 252 cm³/mol. The lowest BCUT2D eigenvalue weighted by Gasteiger charge is -2.32. The van der Waals surface area contributed by atoms with Gasteiger partial charge in [0.05, 0.1) is 59.3 Å². The molecule has 4 aliphatic heterocycles. The summed E-state index contributed by atoms with van der Waals surface area (Å²) in [4.78, 5) is 96.8. The minimum absolute atomic E-state index is 0.0258. The first-order valence-corrected chi connectivity index (χ1v) is 28.7. The largest absolute Gasteiger partial charge is 0.490 e. The van der Waals surface area contributed by atoms with Gasteiger partial charge in [-0.2, -0.15) is 13.6 Å². The van der Waals surface area contributed by atoms with Gasteiger partial charge in [0, 0.05) is 7.11 Å². The molecule has 10 rings (SSSR count). The van der Waals surface area contributed by atoms with E-state index >= 15 is 0 Å². The Morgan fingerprint density at radius 2 is 1.42 bits per heavy atom. The average molecular weight is 1200 g/mol. The van der Waals surface area contributed by atoms with E-state index in [1.165, 1.54) is 34.2 Å². The summed E-state index contributed by atoms with van der Waals surface area (Å²) < 4.78 is 122. The first-order chi connectivity index (χ1) is 37.2. The smallest absolute Gasteiger partial charge is 0.387 e. The van der Waals surface area contributed by atoms with Gasteiger partial charge in [0.2, 0.25) is 17.7 Å². The number of phosphoric acid groups is 4. The number of aliphatic hydroxyl groups is 3. The number of imidazole rings is 3. The highest BCUT2D eigenvalue weighted by Gasteiger charge is 2.66. The molecule has 40 nitrogen and oxygen atoms in total. The number of nitrogens with zero attached hydrogens (tertiary/aromatic N) is 10. The Balaban J connectivity index is 0.814. The van der Waals surface area contributed by atoms with Gasteiger partial charge in [0.1, 0.15) is 66.3 Å². The number of aryl methyl sites for hydroxylation is 1. The number of nitrogen functional groups attached to an aromatic ring is 3. The van der Waals surface area contributed by atoms with Crippen LogP contribution in [-0.2, 0) is 80.4 Å². The monoisotopic (exact) mass is 1200 g/mol. The van der Waals surface area contributed by atoms with E-state index in [-0.39, 0.29) is 64.4 Å². The molecule has 6 aromatic heterocycles. The topological polar surface area (TPSA) is 560 Å². The number of aliphatic hydroxyl groups excluding tert-OH is 3. The van der Waals surface area contributed by atoms with Crippen LogP contribution < -0.4 is 32.9 Å². The summed E-state index contributed by atoms with van der Waals surface area (Å²) in [6.07, 6.45) is -12.7. The zero-order chi connectivity index (χ0) is 56.7. The van der Waals surface area contributed by atoms with Crippen molar-refractivity contribution >= 4 is 82.5 Å². The highest BCUT2D eigenvalue weighted by atomic mass is 31.3. The quantitative estimate of drug-likeness (QED) is 0.0174. The molecule has 0 aliphatic carbocycles. The van der Waals surface area contributed by atoms with Gasteiger partial charge in [-0.15, -0.1) is 0 Å². The number of H-pyrrole nitrogens is 2. The van der Waals surface area contributed by atoms with E-state index in [0.29, 0.717) is 0 Å². The van der Waals surface area contributed by atoms with Crippen LogP contribution in [-0.4, -0.2) is 190 Å². The first kappa shape index (κ1) is 57.1. The highest BCUT2D eigenvalue weighted by Crippen LogP contribution is 2.68. The average Bonchev–Trinajstić information content (AvgIpc) is 4.40. The third-order valence-electron chi connectivity index (χ3n) is 12.6. The van der Waals surface area contributed by atoms with E-state index < -0.39 is 142 Å². The van der Waals surface area contributed by atoms with E-state index in [4.69, 9.17) is 63.7 Å². The van der Waals surface area contributed by atoms with E-state index in [2.05, 4.69) is 48.5 Å². The van der Waals surface area contributed by atoms with E-state index in [0.717, 1.165) is 23.5 Å². The van der Waals surface area contributed by atoms with Crippen molar-refractivity contribution in [3.63, 3.8) is 0 Å². The van der Waals surface area contributed by atoms with Crippen molar-refractivity contribution in [1.82, 2.24) is 53.6 Å². The van der Waals surface area contributed by atoms with Crippen LogP contribution in [0.5, 0.6) is 0 Å². The fourth-order valence-electron chi connectivity index (χ4n) is 9.16. The number of nitrogens with two attached hydrogens (primary N) is 3. The van der Waals surface area contributed by atoms with Crippen LogP contribution in [0.3, 0.4) is 0 Å². The molecule has 432 valence electrons. The number of nitrogens with one attached hydrogen (secondary N) is 2. The maximum Gasteiger partial charge on any atom is 0.490 e. The van der Waals surface area contributed by atoms with Crippen molar-refractivity contribution in [1.29, 1.82) is 0 Å². The predicted octanol–water partition coefficient (Wildman–Crippen LogP) is -4.29. The number of ether oxygens (including phenoxy) is 6. The molecule has 79 heavy (non-hydrogen) atoms. The first-order valence-electron chi connectivity index (χ1n) is 22.7. The van der Waals surface area contributed by atoms with Gasteiger partial charge >= 0.3 is 36.9 Å². The zero-order valence-corrected chi connectivity index (χ0v) is 44.0. The molecular weight excluding hydrogens is 1150 g/mol. The second-order valence-corrected chi connectivity index (χ2v) is 23.9. The van der Waals surface area contributed by atoms with Gasteiger partial charge in [-0.25, -0.2) is 42.8 Å². The second-order valence-electron chi connectivity index (χ2n) is 17.8. The molecule has 0 amide bonds. The van der Waals surface area contributed by atoms with Crippen molar-refractivity contribution in [2.45, 2.75) is 73.1 Å². The molecule has 2 bridgehead atoms. The van der Waals surface area contributed by atoms with Crippen LogP contribution >= 0.6 is 31.3 Å². The molecule has 4 fully saturated rings. The molecule has 0 spiro atoms. The maximum absolute atomic E-state index is 13.8. The van der Waals surface area contributed by atoms with Gasteiger partial charge in [0.25, 0.3) is 17.1 Å². The van der Waals surface area contributed by atoms with Crippen molar-refractivity contribution in [3.8, 4) is 0 Å². The van der Waals surface area contributed by atoms with Crippen LogP contribution in [0.15, 0.2) is 34.9 Å². The molecule has 6 aromatic rings. The van der Waals surface area contributed by atoms with E-state index in [9.17, 15) is 62.7 Å². The number of aromatic amines is 2. The second kappa shape index (κ2) is 21.3. The molecule has 4 aliphatic rings. The number of fused-ring (bicyclic) bond motifs is 5. The van der Waals surface area contributed by atoms with Gasteiger partial charge in [-0.3, -0.25) is 51.4 Å². The van der Waals surface area contributed by atoms with Crippen molar-refractivity contribution in [2.24, 2.45) is 7.05 Å². The summed E-state index contributed by atoms with van der Waals surface area (Å²) in [6, 6.07) is 0. The van der Waals surface area contributed by atoms with Crippen molar-refractivity contribution in [2.75, 3.05) is 64.0 Å². The van der Waals surface area contributed by atoms with E-state index in [1.807, 2.05) is 0 Å². The number of hydrogen-bond acceptors (Lipinski definition) is 30. The van der Waals surface area contributed by atoms with Crippen LogP contribution in [0.4, 0.5) is 17.7 Å². The molecular formula is C35H48N15O25P4+. The Bertz CT molecular complexity index is 3620. The van der Waals surface area contributed by atoms with Crippen LogP contribution in [0.1, 0.15) is 18.7 Å². The molecule has 7 unspecified atom stereocenters. The third-order valence-corrected chi connectivity index (χ3v) is 17.8. The summed E-state index contributed by atoms with van der Waals surface area (Å²) in [5.41, 5.74) is 13.5. The molecule has 0 saturated carbocycles. The molecule has 16 atom stereocenters. The molecule has 44 heteroatoms. The highest BCUT2D eigenvalue weighted by molar-refractivity contribution is 7.66. The molecule has 4 saturated heterocycles. The minimum Gasteiger partial charge on any atom is -0.387 e. The molecule has 0 aromatic carbocycles. The van der Waals surface area contributed by atoms with Crippen LogP contribution in [0, 0.1) is 0 Å². The molecule has 10 heterocycles. The Morgan fingerprint density at radius 3 is 2.14 bits per heavy atom. The Labute approximate surface area is 438 Å². The minimum atomic E-state index is -6.22. The number of rotatable bonds is 22. The van der Waals surface area contributed by atoms with Gasteiger partial charge < -0.3 is 80.5 Å².